The number of halogens is 3. The number of rotatable bonds is 2. The summed E-state index contributed by atoms with van der Waals surface area (Å²) in [5, 5.41) is 2.07. The van der Waals surface area contributed by atoms with E-state index in [0.717, 1.165) is 0 Å². The van der Waals surface area contributed by atoms with Gasteiger partial charge in [0.15, 0.2) is 11.6 Å². The summed E-state index contributed by atoms with van der Waals surface area (Å²) < 4.78 is 39.3. The van der Waals surface area contributed by atoms with Crippen LogP contribution in [0.3, 0.4) is 0 Å². The van der Waals surface area contributed by atoms with Gasteiger partial charge < -0.3 is 5.32 Å². The number of benzene rings is 2. The predicted molar refractivity (Wildman–Crippen MR) is 60.7 cm³/mol. The van der Waals surface area contributed by atoms with Crippen molar-refractivity contribution < 1.29 is 18.0 Å². The molecule has 0 aliphatic heterocycles. The highest BCUT2D eigenvalue weighted by Crippen LogP contribution is 2.20. The van der Waals surface area contributed by atoms with Gasteiger partial charge in [0.2, 0.25) is 0 Å². The first-order chi connectivity index (χ1) is 8.58. The smallest absolute Gasteiger partial charge is 0.255 e. The van der Waals surface area contributed by atoms with Gasteiger partial charge in [-0.15, -0.1) is 0 Å². The first kappa shape index (κ1) is 12.2. The third-order valence-electron chi connectivity index (χ3n) is 2.28. The van der Waals surface area contributed by atoms with Gasteiger partial charge >= 0.3 is 0 Å². The Balaban J connectivity index is 2.28. The van der Waals surface area contributed by atoms with Crippen LogP contribution in [-0.2, 0) is 0 Å². The van der Waals surface area contributed by atoms with E-state index in [2.05, 4.69) is 5.32 Å². The molecule has 0 aliphatic rings. The minimum atomic E-state index is -1.16. The molecule has 0 atom stereocenters. The van der Waals surface area contributed by atoms with Crippen molar-refractivity contribution in [2.45, 2.75) is 0 Å². The van der Waals surface area contributed by atoms with Crippen molar-refractivity contribution in [1.82, 2.24) is 0 Å². The van der Waals surface area contributed by atoms with Crippen molar-refractivity contribution in [1.29, 1.82) is 0 Å². The lowest BCUT2D eigenvalue weighted by Gasteiger charge is -2.07. The van der Waals surface area contributed by atoms with Gasteiger partial charge in [0.25, 0.3) is 5.91 Å². The van der Waals surface area contributed by atoms with E-state index in [1.165, 1.54) is 12.1 Å². The number of amides is 1. The van der Waals surface area contributed by atoms with Crippen LogP contribution >= 0.6 is 0 Å². The van der Waals surface area contributed by atoms with Crippen molar-refractivity contribution >= 4 is 11.6 Å². The maximum atomic E-state index is 13.3. The van der Waals surface area contributed by atoms with Crippen LogP contribution in [0.4, 0.5) is 18.9 Å². The van der Waals surface area contributed by atoms with E-state index in [0.29, 0.717) is 12.1 Å². The van der Waals surface area contributed by atoms with Crippen LogP contribution < -0.4 is 5.32 Å². The Bertz CT molecular complexity index is 561. The Morgan fingerprint density at radius 1 is 0.944 bits per heavy atom. The van der Waals surface area contributed by atoms with Crippen LogP contribution in [0.5, 0.6) is 0 Å². The molecule has 1 N–H and O–H groups in total. The molecule has 0 fully saturated rings. The maximum Gasteiger partial charge on any atom is 0.255 e. The lowest BCUT2D eigenvalue weighted by Crippen LogP contribution is -2.14. The fourth-order valence-corrected chi connectivity index (χ4v) is 1.44. The quantitative estimate of drug-likeness (QED) is 0.871. The van der Waals surface area contributed by atoms with Crippen molar-refractivity contribution in [3.8, 4) is 0 Å². The van der Waals surface area contributed by atoms with Gasteiger partial charge in [0.1, 0.15) is 11.5 Å². The third kappa shape index (κ3) is 2.51. The van der Waals surface area contributed by atoms with Gasteiger partial charge in [0.05, 0.1) is 0 Å². The number of carbonyl (C=O) groups excluding carboxylic acids is 1. The zero-order valence-corrected chi connectivity index (χ0v) is 9.08. The van der Waals surface area contributed by atoms with Crippen LogP contribution in [0.2, 0.25) is 0 Å². The van der Waals surface area contributed by atoms with Crippen molar-refractivity contribution in [3.63, 3.8) is 0 Å². The second-order valence-electron chi connectivity index (χ2n) is 3.56. The molecule has 0 heterocycles. The van der Waals surface area contributed by atoms with Crippen LogP contribution in [0.15, 0.2) is 42.5 Å². The molecule has 0 spiro atoms. The molecule has 5 heteroatoms. The number of hydrogen-bond donors (Lipinski definition) is 1. The average Bonchev–Trinajstić information content (AvgIpc) is 2.34. The van der Waals surface area contributed by atoms with Gasteiger partial charge in [-0.1, -0.05) is 18.2 Å². The molecule has 0 aliphatic carbocycles. The molecule has 0 radical (unpaired) electrons. The van der Waals surface area contributed by atoms with E-state index >= 15 is 0 Å². The Morgan fingerprint density at radius 3 is 2.06 bits per heavy atom. The summed E-state index contributed by atoms with van der Waals surface area (Å²) in [5.74, 6) is -4.02. The highest BCUT2D eigenvalue weighted by Gasteiger charge is 2.14. The molecule has 92 valence electrons. The molecule has 2 rings (SSSR count). The maximum absolute atomic E-state index is 13.3. The van der Waals surface area contributed by atoms with E-state index in [1.54, 1.807) is 18.2 Å². The van der Waals surface area contributed by atoms with E-state index in [-0.39, 0.29) is 5.56 Å². The first-order valence-electron chi connectivity index (χ1n) is 5.09. The standard InChI is InChI=1S/C13H8F3NO/c14-9-6-10(15)12(11(16)7-9)17-13(18)8-4-2-1-3-5-8/h1-7H,(H,17,18). The second-order valence-corrected chi connectivity index (χ2v) is 3.56. The van der Waals surface area contributed by atoms with Crippen LogP contribution in [0.25, 0.3) is 0 Å². The van der Waals surface area contributed by atoms with E-state index in [9.17, 15) is 18.0 Å². The fraction of sp³-hybridized carbons (Fsp3) is 0. The summed E-state index contributed by atoms with van der Waals surface area (Å²) in [7, 11) is 0. The van der Waals surface area contributed by atoms with Crippen LogP contribution in [0, 0.1) is 17.5 Å². The van der Waals surface area contributed by atoms with Gasteiger partial charge in [0, 0.05) is 17.7 Å². The summed E-state index contributed by atoms with van der Waals surface area (Å²) in [5.41, 5.74) is -0.411. The van der Waals surface area contributed by atoms with Gasteiger partial charge in [-0.2, -0.15) is 0 Å². The minimum absolute atomic E-state index is 0.251. The molecule has 0 saturated carbocycles. The summed E-state index contributed by atoms with van der Waals surface area (Å²) in [6, 6.07) is 8.94. The Hall–Kier alpha value is -2.30. The third-order valence-corrected chi connectivity index (χ3v) is 2.28. The highest BCUT2D eigenvalue weighted by atomic mass is 19.1. The predicted octanol–water partition coefficient (Wildman–Crippen LogP) is 3.36. The van der Waals surface area contributed by atoms with Crippen LogP contribution in [0.1, 0.15) is 10.4 Å². The zero-order valence-electron chi connectivity index (χ0n) is 9.08. The van der Waals surface area contributed by atoms with Crippen molar-refractivity contribution in [2.24, 2.45) is 0 Å². The van der Waals surface area contributed by atoms with Gasteiger partial charge in [-0.25, -0.2) is 13.2 Å². The summed E-state index contributed by atoms with van der Waals surface area (Å²) in [4.78, 5) is 11.7. The number of nitrogens with one attached hydrogen (secondary N) is 1. The van der Waals surface area contributed by atoms with Crippen molar-refractivity contribution in [3.05, 3.63) is 65.5 Å². The molecule has 0 aromatic heterocycles. The van der Waals surface area contributed by atoms with Gasteiger partial charge in [-0.05, 0) is 12.1 Å². The number of anilines is 1. The molecule has 2 nitrogen and oxygen atoms in total. The molecule has 0 saturated heterocycles. The minimum Gasteiger partial charge on any atom is -0.317 e. The normalized spacial score (nSPS) is 10.2. The van der Waals surface area contributed by atoms with E-state index in [1.807, 2.05) is 0 Å². The number of carbonyl (C=O) groups is 1. The zero-order chi connectivity index (χ0) is 13.1. The summed E-state index contributed by atoms with van der Waals surface area (Å²) >= 11 is 0. The summed E-state index contributed by atoms with van der Waals surface area (Å²) in [6.45, 7) is 0. The lowest BCUT2D eigenvalue weighted by atomic mass is 10.2. The molecular weight excluding hydrogens is 243 g/mol. The molecule has 1 amide bonds. The molecule has 2 aromatic carbocycles. The van der Waals surface area contributed by atoms with E-state index in [4.69, 9.17) is 0 Å². The Morgan fingerprint density at radius 2 is 1.50 bits per heavy atom. The van der Waals surface area contributed by atoms with E-state index < -0.39 is 29.0 Å². The first-order valence-corrected chi connectivity index (χ1v) is 5.09. The largest absolute Gasteiger partial charge is 0.317 e. The summed E-state index contributed by atoms with van der Waals surface area (Å²) in [6.07, 6.45) is 0. The van der Waals surface area contributed by atoms with Crippen molar-refractivity contribution in [2.75, 3.05) is 5.32 Å². The lowest BCUT2D eigenvalue weighted by molar-refractivity contribution is 0.102. The molecule has 0 bridgehead atoms. The SMILES string of the molecule is O=C(Nc1c(F)cc(F)cc1F)c1ccccc1. The van der Waals surface area contributed by atoms with Crippen LogP contribution in [-0.4, -0.2) is 5.91 Å². The number of hydrogen-bond acceptors (Lipinski definition) is 1. The molecule has 0 unspecified atom stereocenters. The van der Waals surface area contributed by atoms with Gasteiger partial charge in [-0.3, -0.25) is 4.79 Å². The monoisotopic (exact) mass is 251 g/mol. The fourth-order valence-electron chi connectivity index (χ4n) is 1.44. The topological polar surface area (TPSA) is 29.1 Å². The Kier molecular flexibility index (Phi) is 3.32. The second kappa shape index (κ2) is 4.91. The molecule has 2 aromatic rings. The Labute approximate surface area is 101 Å². The average molecular weight is 251 g/mol. The molecular formula is C13H8F3NO. The highest BCUT2D eigenvalue weighted by molar-refractivity contribution is 6.04. The molecule has 18 heavy (non-hydrogen) atoms.